The third-order valence-electron chi connectivity index (χ3n) is 15.6. The van der Waals surface area contributed by atoms with Crippen LogP contribution in [0.3, 0.4) is 0 Å². The van der Waals surface area contributed by atoms with Crippen LogP contribution in [0.1, 0.15) is 77.3 Å². The fourth-order valence-electron chi connectivity index (χ4n) is 12.6. The van der Waals surface area contributed by atoms with Gasteiger partial charge in [0.05, 0.1) is 10.6 Å². The first-order chi connectivity index (χ1) is 33.4. The van der Waals surface area contributed by atoms with Crippen LogP contribution in [0.2, 0.25) is 0 Å². The molecule has 21 heteroatoms. The number of anilines is 3. The van der Waals surface area contributed by atoms with E-state index in [9.17, 15) is 32.4 Å². The van der Waals surface area contributed by atoms with Gasteiger partial charge >= 0.3 is 11.6 Å². The minimum Gasteiger partial charge on any atom is -0.320 e. The molecule has 0 aliphatic carbocycles. The molecule has 2 spiro atoms. The maximum Gasteiger partial charge on any atom is 0.335 e. The summed E-state index contributed by atoms with van der Waals surface area (Å²) >= 11 is 1.26. The summed E-state index contributed by atoms with van der Waals surface area (Å²) in [4.78, 5) is 73.3. The molecule has 4 aromatic carbocycles. The van der Waals surface area contributed by atoms with E-state index in [4.69, 9.17) is 8.42 Å². The van der Waals surface area contributed by atoms with E-state index in [1.54, 1.807) is 73.0 Å². The van der Waals surface area contributed by atoms with Crippen LogP contribution in [0.25, 0.3) is 0 Å². The van der Waals surface area contributed by atoms with E-state index in [0.29, 0.717) is 24.9 Å². The lowest BCUT2D eigenvalue weighted by Crippen LogP contribution is -2.76. The van der Waals surface area contributed by atoms with Crippen LogP contribution in [0, 0.1) is 0 Å². The van der Waals surface area contributed by atoms with E-state index in [0.717, 1.165) is 65.3 Å². The molecule has 4 amide bonds. The van der Waals surface area contributed by atoms with Gasteiger partial charge in [0.25, 0.3) is 38.1 Å². The SMILES string of the molecule is CCCC12CC34SC(=O)SC(C)(C(=O)N3C1N(c1ccccc1)c1ccccc12)N(C)C4=O.CCCC12CC34SSC(C)(C(=O)N3C1N(S(=O)(=O)c1ccccc1)c1ccccc12)N(C)C4=O.O=S=O. The van der Waals surface area contributed by atoms with Crippen molar-refractivity contribution in [2.45, 2.75) is 114 Å². The molecule has 0 radical (unpaired) electrons. The van der Waals surface area contributed by atoms with Crippen LogP contribution in [-0.4, -0.2) is 110 Å². The van der Waals surface area contributed by atoms with Crippen molar-refractivity contribution in [2.24, 2.45) is 0 Å². The summed E-state index contributed by atoms with van der Waals surface area (Å²) in [6, 6.07) is 34.2. The first-order valence-corrected chi connectivity index (χ1v) is 28.8. The van der Waals surface area contributed by atoms with Crippen molar-refractivity contribution in [2.75, 3.05) is 23.3 Å². The Labute approximate surface area is 426 Å². The fraction of sp³-hybridized carbons (Fsp3) is 0.408. The monoisotopic (exact) mass is 1060 g/mol. The second kappa shape index (κ2) is 16.9. The molecule has 0 saturated carbocycles. The summed E-state index contributed by atoms with van der Waals surface area (Å²) in [6.07, 6.45) is 2.83. The number of fused-ring (bicyclic) bond motifs is 11. The van der Waals surface area contributed by atoms with Crippen molar-refractivity contribution in [3.8, 4) is 0 Å². The largest absolute Gasteiger partial charge is 0.335 e. The molecule has 14 rings (SSSR count). The maximum absolute atomic E-state index is 14.2. The number of hydrogen-bond acceptors (Lipinski definition) is 14. The van der Waals surface area contributed by atoms with Gasteiger partial charge in [-0.2, -0.15) is 8.42 Å². The van der Waals surface area contributed by atoms with Gasteiger partial charge in [-0.05, 0) is 97.7 Å². The highest BCUT2D eigenvalue weighted by Crippen LogP contribution is 2.71. The lowest BCUT2D eigenvalue weighted by Gasteiger charge is -2.58. The third kappa shape index (κ3) is 6.22. The second-order valence-electron chi connectivity index (χ2n) is 19.1. The van der Waals surface area contributed by atoms with Crippen LogP contribution >= 0.6 is 45.1 Å². The maximum atomic E-state index is 14.2. The van der Waals surface area contributed by atoms with Crippen molar-refractivity contribution < 1.29 is 40.8 Å². The van der Waals surface area contributed by atoms with Gasteiger partial charge in [0, 0.05) is 49.1 Å². The van der Waals surface area contributed by atoms with Crippen LogP contribution < -0.4 is 9.21 Å². The van der Waals surface area contributed by atoms with Gasteiger partial charge in [-0.15, -0.1) is 0 Å². The molecular weight excluding hydrogens is 1010 g/mol. The number of para-hydroxylation sites is 3. The summed E-state index contributed by atoms with van der Waals surface area (Å²) in [6.45, 7) is 7.67. The summed E-state index contributed by atoms with van der Waals surface area (Å²) < 4.78 is 46.2. The molecule has 366 valence electrons. The summed E-state index contributed by atoms with van der Waals surface area (Å²) in [5.74, 6) is -0.645. The molecule has 8 fully saturated rings. The van der Waals surface area contributed by atoms with Crippen LogP contribution in [-0.2, 0) is 51.6 Å². The smallest absolute Gasteiger partial charge is 0.320 e. The molecule has 10 heterocycles. The zero-order valence-corrected chi connectivity index (χ0v) is 44.0. The highest BCUT2D eigenvalue weighted by molar-refractivity contribution is 8.78. The number of thioether (sulfide) groups is 2. The number of piperazine rings is 2. The normalized spacial score (nSPS) is 32.9. The number of carbonyl (C=O) groups excluding carboxylic acids is 5. The highest BCUT2D eigenvalue weighted by Gasteiger charge is 2.80. The zero-order valence-electron chi connectivity index (χ0n) is 39.1. The lowest BCUT2D eigenvalue weighted by molar-refractivity contribution is -0.163. The average molecular weight is 1060 g/mol. The first kappa shape index (κ1) is 48.8. The standard InChI is InChI=1S/C25H25N3O3S2.C24H25N3O4S3.O2S/c1-4-14-24-15-25-21(30)26(3)23(2,32-22(31)33-25)20(29)28(25)19(24)27(16-10-6-5-7-11-16)18-13-9-8-12-17(18)24;1-4-14-23-15-24-21(29)25(3)22(2,32-33-24)20(28)26(24)19(23)27(18-13-9-8-12-17(18)23)34(30,31)16-10-6-5-7-11-16;1-3-2/h5-13,19H,4,14-15H2,1-3H3;5-13,19H,4,14-15H2,1-3H3;. The quantitative estimate of drug-likeness (QED) is 0.163. The number of carbonyl (C=O) groups is 5. The minimum atomic E-state index is -4.01. The van der Waals surface area contributed by atoms with Crippen LogP contribution in [0.15, 0.2) is 114 Å². The molecule has 15 nitrogen and oxygen atoms in total. The van der Waals surface area contributed by atoms with Crippen molar-refractivity contribution in [1.29, 1.82) is 0 Å². The van der Waals surface area contributed by atoms with Crippen molar-refractivity contribution in [3.05, 3.63) is 120 Å². The Bertz CT molecular complexity index is 3040. The van der Waals surface area contributed by atoms with Gasteiger partial charge < -0.3 is 14.7 Å². The Morgan fingerprint density at radius 1 is 0.586 bits per heavy atom. The number of likely N-dealkylation sites (N-methyl/N-ethyl adjacent to an activating group) is 2. The molecule has 8 unspecified atom stereocenters. The third-order valence-corrected chi connectivity index (χ3v) is 23.6. The molecule has 8 atom stereocenters. The van der Waals surface area contributed by atoms with E-state index >= 15 is 0 Å². The van der Waals surface area contributed by atoms with Crippen molar-refractivity contribution in [3.63, 3.8) is 0 Å². The van der Waals surface area contributed by atoms with E-state index in [1.807, 2.05) is 66.7 Å². The van der Waals surface area contributed by atoms with Gasteiger partial charge in [0.15, 0.2) is 19.5 Å². The van der Waals surface area contributed by atoms with Crippen LogP contribution in [0.4, 0.5) is 21.9 Å². The van der Waals surface area contributed by atoms with Crippen LogP contribution in [0.5, 0.6) is 0 Å². The fourth-order valence-corrected chi connectivity index (χ4v) is 20.8. The molecular formula is C49H50N6O9S6. The predicted molar refractivity (Wildman–Crippen MR) is 274 cm³/mol. The molecule has 10 aliphatic heterocycles. The predicted octanol–water partition coefficient (Wildman–Crippen LogP) is 8.02. The van der Waals surface area contributed by atoms with Crippen molar-refractivity contribution in [1.82, 2.24) is 19.6 Å². The Kier molecular flexibility index (Phi) is 11.8. The Morgan fingerprint density at radius 2 is 1.06 bits per heavy atom. The van der Waals surface area contributed by atoms with E-state index in [-0.39, 0.29) is 39.1 Å². The first-order valence-electron chi connectivity index (χ1n) is 22.9. The topological polar surface area (TPSA) is 173 Å². The number of nitrogens with zero attached hydrogens (tertiary/aromatic N) is 6. The minimum absolute atomic E-state index is 0.127. The summed E-state index contributed by atoms with van der Waals surface area (Å²) in [5.41, 5.74) is 3.56. The number of amides is 4. The molecule has 10 aliphatic rings. The van der Waals surface area contributed by atoms with Gasteiger partial charge in [0.1, 0.15) is 12.3 Å². The number of sulfonamides is 1. The zero-order chi connectivity index (χ0) is 50.0. The van der Waals surface area contributed by atoms with E-state index in [1.165, 1.54) is 30.8 Å². The van der Waals surface area contributed by atoms with Gasteiger partial charge in [-0.25, -0.2) is 12.7 Å². The Hall–Kier alpha value is -4.80. The molecule has 70 heavy (non-hydrogen) atoms. The van der Waals surface area contributed by atoms with Gasteiger partial charge in [-0.1, -0.05) is 121 Å². The second-order valence-corrected chi connectivity index (χ2v) is 26.7. The number of benzene rings is 4. The van der Waals surface area contributed by atoms with Crippen molar-refractivity contribution >= 4 is 112 Å². The van der Waals surface area contributed by atoms with E-state index in [2.05, 4.69) is 30.9 Å². The average Bonchev–Trinajstić information content (AvgIpc) is 3.97. The highest BCUT2D eigenvalue weighted by atomic mass is 33.1. The summed E-state index contributed by atoms with van der Waals surface area (Å²) in [7, 11) is 2.16. The number of hydrogen-bond donors (Lipinski definition) is 0. The van der Waals surface area contributed by atoms with Gasteiger partial charge in [-0.3, -0.25) is 33.8 Å². The number of rotatable bonds is 7. The van der Waals surface area contributed by atoms with E-state index < -0.39 is 58.1 Å². The molecule has 0 aromatic heterocycles. The Morgan fingerprint density at radius 3 is 1.67 bits per heavy atom. The molecule has 8 saturated heterocycles. The molecule has 4 bridgehead atoms. The lowest BCUT2D eigenvalue weighted by atomic mass is 9.74. The molecule has 4 aromatic rings. The van der Waals surface area contributed by atoms with Gasteiger partial charge in [0.2, 0.25) is 0 Å². The Balaban J connectivity index is 0.000000154. The molecule has 0 N–H and O–H groups in total. The summed E-state index contributed by atoms with van der Waals surface area (Å²) in [5, 5.41) is 0.